The van der Waals surface area contributed by atoms with E-state index in [1.165, 1.54) is 0 Å². The number of nitrogen functional groups attached to an aromatic ring is 1. The summed E-state index contributed by atoms with van der Waals surface area (Å²) >= 11 is 0. The molecule has 104 valence electrons. The van der Waals surface area contributed by atoms with E-state index in [9.17, 15) is 4.79 Å². The molecule has 1 rings (SSSR count). The fourth-order valence-corrected chi connectivity index (χ4v) is 1.53. The van der Waals surface area contributed by atoms with Crippen molar-refractivity contribution in [1.29, 1.82) is 0 Å². The van der Waals surface area contributed by atoms with E-state index in [4.69, 9.17) is 16.8 Å². The number of nitrogens with zero attached hydrogens (tertiary/aromatic N) is 2. The monoisotopic (exact) mass is 267 g/mol. The number of hydrazine groups is 1. The molecule has 0 radical (unpaired) electrons. The minimum atomic E-state index is 0.287. The van der Waals surface area contributed by atoms with Gasteiger partial charge in [0.2, 0.25) is 0 Å². The third-order valence-corrected chi connectivity index (χ3v) is 2.48. The van der Waals surface area contributed by atoms with E-state index in [1.807, 2.05) is 0 Å². The molecule has 0 fully saturated rings. The Morgan fingerprint density at radius 1 is 1.63 bits per heavy atom. The molecule has 0 bridgehead atoms. The van der Waals surface area contributed by atoms with Crippen LogP contribution in [0.1, 0.15) is 12.0 Å². The maximum atomic E-state index is 10.0. The Kier molecular flexibility index (Phi) is 5.58. The quantitative estimate of drug-likeness (QED) is 0.142. The molecule has 8 nitrogen and oxygen atoms in total. The smallest absolute Gasteiger partial charge is 0.320 e. The SMILES string of the molecule is CN=C(CCc1ccc(N(N)O)c(N)c1)NOC=O. The van der Waals surface area contributed by atoms with E-state index >= 15 is 0 Å². The standard InChI is InChI=1S/C11H17N5O3/c1-14-11(15-19-7-17)5-3-8-2-4-10(16(13)18)9(12)6-8/h2,4,6-7,18H,3,5,12-13H2,1H3,(H,14,15). The summed E-state index contributed by atoms with van der Waals surface area (Å²) in [6.07, 6.45) is 1.19. The third kappa shape index (κ3) is 4.45. The highest BCUT2D eigenvalue weighted by atomic mass is 16.7. The van der Waals surface area contributed by atoms with Gasteiger partial charge in [-0.05, 0) is 24.1 Å². The summed E-state index contributed by atoms with van der Waals surface area (Å²) in [5.41, 5.74) is 9.80. The highest BCUT2D eigenvalue weighted by Gasteiger charge is 2.06. The fraction of sp³-hybridized carbons (Fsp3) is 0.273. The van der Waals surface area contributed by atoms with Crippen LogP contribution in [0.4, 0.5) is 11.4 Å². The Hall–Kier alpha value is -2.32. The van der Waals surface area contributed by atoms with Gasteiger partial charge in [-0.2, -0.15) is 5.17 Å². The zero-order valence-electron chi connectivity index (χ0n) is 10.5. The van der Waals surface area contributed by atoms with Gasteiger partial charge in [-0.1, -0.05) is 6.07 Å². The van der Waals surface area contributed by atoms with E-state index < -0.39 is 0 Å². The van der Waals surface area contributed by atoms with Gasteiger partial charge in [-0.3, -0.25) is 15.0 Å². The maximum Gasteiger partial charge on any atom is 0.320 e. The van der Waals surface area contributed by atoms with Crippen LogP contribution in [0.2, 0.25) is 0 Å². The molecule has 0 saturated carbocycles. The number of rotatable bonds is 6. The molecule has 19 heavy (non-hydrogen) atoms. The molecule has 0 spiro atoms. The van der Waals surface area contributed by atoms with Gasteiger partial charge in [0.1, 0.15) is 11.5 Å². The van der Waals surface area contributed by atoms with Gasteiger partial charge < -0.3 is 10.6 Å². The van der Waals surface area contributed by atoms with Crippen molar-refractivity contribution in [2.45, 2.75) is 12.8 Å². The number of benzene rings is 1. The maximum absolute atomic E-state index is 10.0. The second kappa shape index (κ2) is 7.19. The molecule has 0 amide bonds. The third-order valence-electron chi connectivity index (χ3n) is 2.48. The van der Waals surface area contributed by atoms with Gasteiger partial charge in [-0.25, -0.2) is 11.3 Å². The Bertz CT molecular complexity index is 462. The van der Waals surface area contributed by atoms with Crippen LogP contribution >= 0.6 is 0 Å². The summed E-state index contributed by atoms with van der Waals surface area (Å²) in [6.45, 7) is 0.287. The van der Waals surface area contributed by atoms with Crippen molar-refractivity contribution < 1.29 is 14.8 Å². The van der Waals surface area contributed by atoms with Gasteiger partial charge in [0, 0.05) is 13.5 Å². The lowest BCUT2D eigenvalue weighted by molar-refractivity contribution is -0.132. The normalized spacial score (nSPS) is 11.0. The summed E-state index contributed by atoms with van der Waals surface area (Å²) in [4.78, 5) is 18.4. The second-order valence-corrected chi connectivity index (χ2v) is 3.72. The van der Waals surface area contributed by atoms with E-state index in [0.29, 0.717) is 35.2 Å². The lowest BCUT2D eigenvalue weighted by Crippen LogP contribution is -2.27. The number of amidine groups is 1. The summed E-state index contributed by atoms with van der Waals surface area (Å²) in [7, 11) is 1.59. The summed E-state index contributed by atoms with van der Waals surface area (Å²) in [5, 5.41) is 9.57. The molecule has 0 atom stereocenters. The molecule has 0 aliphatic heterocycles. The minimum absolute atomic E-state index is 0.287. The van der Waals surface area contributed by atoms with Crippen LogP contribution in [0.3, 0.4) is 0 Å². The topological polar surface area (TPSA) is 126 Å². The van der Waals surface area contributed by atoms with Crippen molar-refractivity contribution in [2.24, 2.45) is 10.8 Å². The molecule has 0 heterocycles. The van der Waals surface area contributed by atoms with E-state index in [-0.39, 0.29) is 6.47 Å². The molecule has 1 aromatic rings. The second-order valence-electron chi connectivity index (χ2n) is 3.72. The number of nitrogens with one attached hydrogen (secondary N) is 1. The van der Waals surface area contributed by atoms with Gasteiger partial charge in [0.15, 0.2) is 0 Å². The Labute approximate surface area is 110 Å². The molecular formula is C11H17N5O3. The first-order valence-electron chi connectivity index (χ1n) is 5.51. The predicted octanol–water partition coefficient (Wildman–Crippen LogP) is -0.0234. The molecule has 0 unspecified atom stereocenters. The number of nitrogens with two attached hydrogens (primary N) is 2. The van der Waals surface area contributed by atoms with Crippen molar-refractivity contribution >= 4 is 23.7 Å². The average Bonchev–Trinajstić information content (AvgIpc) is 2.38. The zero-order valence-corrected chi connectivity index (χ0v) is 10.5. The number of carbonyl (C=O) groups excluding carboxylic acids is 1. The number of hydrogen-bond donors (Lipinski definition) is 4. The van der Waals surface area contributed by atoms with Gasteiger partial charge in [0.05, 0.1) is 5.69 Å². The van der Waals surface area contributed by atoms with Crippen LogP contribution in [0, 0.1) is 0 Å². The highest BCUT2D eigenvalue weighted by Crippen LogP contribution is 2.21. The predicted molar refractivity (Wildman–Crippen MR) is 71.3 cm³/mol. The summed E-state index contributed by atoms with van der Waals surface area (Å²) in [6, 6.07) is 5.11. The van der Waals surface area contributed by atoms with Crippen molar-refractivity contribution in [3.05, 3.63) is 23.8 Å². The number of aryl methyl sites for hydroxylation is 1. The van der Waals surface area contributed by atoms with E-state index in [0.717, 1.165) is 5.56 Å². The number of anilines is 2. The molecule has 8 heteroatoms. The highest BCUT2D eigenvalue weighted by molar-refractivity contribution is 5.81. The number of hydroxylamine groups is 1. The van der Waals surface area contributed by atoms with Crippen LogP contribution in [-0.2, 0) is 16.1 Å². The molecule has 0 aliphatic carbocycles. The van der Waals surface area contributed by atoms with E-state index in [1.54, 1.807) is 25.2 Å². The largest absolute Gasteiger partial charge is 0.397 e. The first-order valence-corrected chi connectivity index (χ1v) is 5.51. The Morgan fingerprint density at radius 2 is 2.37 bits per heavy atom. The first kappa shape index (κ1) is 14.7. The zero-order chi connectivity index (χ0) is 14.3. The first-order chi connectivity index (χ1) is 9.08. The Balaban J connectivity index is 2.63. The van der Waals surface area contributed by atoms with Crippen LogP contribution in [0.25, 0.3) is 0 Å². The molecular weight excluding hydrogens is 250 g/mol. The van der Waals surface area contributed by atoms with Gasteiger partial charge >= 0.3 is 6.47 Å². The summed E-state index contributed by atoms with van der Waals surface area (Å²) < 4.78 is 0. The average molecular weight is 267 g/mol. The lowest BCUT2D eigenvalue weighted by Gasteiger charge is -2.13. The number of aliphatic imine (C=N–C) groups is 1. The fourth-order valence-electron chi connectivity index (χ4n) is 1.53. The van der Waals surface area contributed by atoms with Crippen LogP contribution in [0.15, 0.2) is 23.2 Å². The van der Waals surface area contributed by atoms with Crippen molar-refractivity contribution in [1.82, 2.24) is 5.48 Å². The Morgan fingerprint density at radius 3 is 2.89 bits per heavy atom. The van der Waals surface area contributed by atoms with Crippen LogP contribution in [0.5, 0.6) is 0 Å². The molecule has 1 aromatic carbocycles. The molecule has 6 N–H and O–H groups in total. The summed E-state index contributed by atoms with van der Waals surface area (Å²) in [5.74, 6) is 5.73. The van der Waals surface area contributed by atoms with Gasteiger partial charge in [0.25, 0.3) is 0 Å². The lowest BCUT2D eigenvalue weighted by atomic mass is 10.1. The van der Waals surface area contributed by atoms with Crippen LogP contribution < -0.4 is 22.2 Å². The minimum Gasteiger partial charge on any atom is -0.397 e. The van der Waals surface area contributed by atoms with Gasteiger partial charge in [-0.15, -0.1) is 0 Å². The van der Waals surface area contributed by atoms with Crippen molar-refractivity contribution in [3.8, 4) is 0 Å². The van der Waals surface area contributed by atoms with Crippen LogP contribution in [-0.4, -0.2) is 24.6 Å². The van der Waals surface area contributed by atoms with E-state index in [2.05, 4.69) is 15.3 Å². The molecule has 0 aromatic heterocycles. The number of carbonyl (C=O) groups is 1. The molecule has 0 aliphatic rings. The number of hydrogen-bond acceptors (Lipinski definition) is 7. The van der Waals surface area contributed by atoms with Crippen molar-refractivity contribution in [2.75, 3.05) is 18.0 Å². The van der Waals surface area contributed by atoms with Crippen molar-refractivity contribution in [3.63, 3.8) is 0 Å². The molecule has 0 saturated heterocycles.